The Bertz CT molecular complexity index is 898. The first kappa shape index (κ1) is 21.4. The molecular weight excluding hydrogens is 433 g/mol. The third-order valence-corrected chi connectivity index (χ3v) is 5.47. The average molecular weight is 454 g/mol. The van der Waals surface area contributed by atoms with Gasteiger partial charge in [-0.1, -0.05) is 53.5 Å². The highest BCUT2D eigenvalue weighted by Gasteiger charge is 2.50. The number of aliphatic hydroxyl groups excluding tert-OH is 1. The van der Waals surface area contributed by atoms with Crippen LogP contribution in [0.4, 0.5) is 0 Å². The molecule has 0 aromatic heterocycles. The van der Waals surface area contributed by atoms with Gasteiger partial charge < -0.3 is 29.4 Å². The summed E-state index contributed by atoms with van der Waals surface area (Å²) in [5.41, 5.74) is 0.825. The summed E-state index contributed by atoms with van der Waals surface area (Å²) in [4.78, 5) is 11.8. The topological polar surface area (TPSA) is 86.3 Å². The fourth-order valence-corrected chi connectivity index (χ4v) is 4.01. The van der Waals surface area contributed by atoms with Crippen LogP contribution in [0.25, 0.3) is 0 Å². The number of nitrogens with one attached hydrogen (secondary N) is 1. The van der Waals surface area contributed by atoms with E-state index in [0.717, 1.165) is 5.56 Å². The monoisotopic (exact) mass is 453 g/mol. The Hall–Kier alpha value is -1.87. The van der Waals surface area contributed by atoms with Gasteiger partial charge in [0.25, 0.3) is 0 Å². The zero-order valence-electron chi connectivity index (χ0n) is 16.0. The number of amides is 1. The summed E-state index contributed by atoms with van der Waals surface area (Å²) in [5.74, 6) is -0.0320. The maximum atomic E-state index is 11.8. The highest BCUT2D eigenvalue weighted by molar-refractivity contribution is 6.35. The summed E-state index contributed by atoms with van der Waals surface area (Å²) < 4.78 is 23.7. The van der Waals surface area contributed by atoms with Crippen molar-refractivity contribution >= 4 is 29.1 Å². The molecule has 0 spiro atoms. The Morgan fingerprint density at radius 2 is 1.93 bits per heavy atom. The predicted octanol–water partition coefficient (Wildman–Crippen LogP) is 3.08. The fourth-order valence-electron chi connectivity index (χ4n) is 3.56. The third-order valence-electron chi connectivity index (χ3n) is 4.94. The standard InChI is InChI=1S/C21H21Cl2NO6/c1-11(25)24-17-18(26)19-16(10-27-20(30-19)12-5-3-2-4-6-12)29-21(17)28-15-8-7-13(22)9-14(15)23/h2-9,16-21,26H,10H2,1H3,(H,24,25)/t16-,17+,18+,19+,20+,21-/m1/s1. The van der Waals surface area contributed by atoms with Crippen LogP contribution in [-0.2, 0) is 19.0 Å². The maximum absolute atomic E-state index is 11.8. The van der Waals surface area contributed by atoms with Gasteiger partial charge in [0, 0.05) is 17.5 Å². The summed E-state index contributed by atoms with van der Waals surface area (Å²) >= 11 is 12.1. The van der Waals surface area contributed by atoms with E-state index in [1.54, 1.807) is 12.1 Å². The van der Waals surface area contributed by atoms with Crippen LogP contribution in [0.2, 0.25) is 10.0 Å². The molecule has 2 N–H and O–H groups in total. The average Bonchev–Trinajstić information content (AvgIpc) is 2.73. The molecule has 6 atom stereocenters. The Kier molecular flexibility index (Phi) is 6.48. The molecule has 4 rings (SSSR count). The highest BCUT2D eigenvalue weighted by Crippen LogP contribution is 2.36. The number of hydrogen-bond donors (Lipinski definition) is 2. The molecule has 0 bridgehead atoms. The molecule has 2 saturated heterocycles. The van der Waals surface area contributed by atoms with Crippen LogP contribution >= 0.6 is 23.2 Å². The van der Waals surface area contributed by atoms with Crippen LogP contribution in [0.15, 0.2) is 48.5 Å². The summed E-state index contributed by atoms with van der Waals surface area (Å²) in [5, 5.41) is 14.5. The largest absolute Gasteiger partial charge is 0.461 e. The van der Waals surface area contributed by atoms with Gasteiger partial charge >= 0.3 is 0 Å². The molecule has 0 aliphatic carbocycles. The number of fused-ring (bicyclic) bond motifs is 1. The molecule has 0 radical (unpaired) electrons. The zero-order chi connectivity index (χ0) is 21.3. The third kappa shape index (κ3) is 4.56. The maximum Gasteiger partial charge on any atom is 0.223 e. The number of rotatable bonds is 4. The molecule has 2 aliphatic heterocycles. The van der Waals surface area contributed by atoms with Gasteiger partial charge in [-0.25, -0.2) is 0 Å². The van der Waals surface area contributed by atoms with Gasteiger partial charge in [-0.15, -0.1) is 0 Å². The lowest BCUT2D eigenvalue weighted by Crippen LogP contribution is -2.67. The van der Waals surface area contributed by atoms with Crippen molar-refractivity contribution < 1.29 is 28.8 Å². The van der Waals surface area contributed by atoms with E-state index in [9.17, 15) is 9.90 Å². The normalized spacial score (nSPS) is 30.9. The van der Waals surface area contributed by atoms with Gasteiger partial charge in [0.15, 0.2) is 6.29 Å². The summed E-state index contributed by atoms with van der Waals surface area (Å²) in [6.45, 7) is 1.53. The van der Waals surface area contributed by atoms with E-state index < -0.39 is 36.9 Å². The quantitative estimate of drug-likeness (QED) is 0.739. The minimum absolute atomic E-state index is 0.183. The van der Waals surface area contributed by atoms with Crippen LogP contribution < -0.4 is 10.1 Å². The number of aliphatic hydroxyl groups is 1. The predicted molar refractivity (Wildman–Crippen MR) is 109 cm³/mol. The molecule has 2 fully saturated rings. The number of ether oxygens (including phenoxy) is 4. The molecule has 0 unspecified atom stereocenters. The minimum Gasteiger partial charge on any atom is -0.461 e. The molecule has 30 heavy (non-hydrogen) atoms. The molecule has 0 saturated carbocycles. The van der Waals surface area contributed by atoms with Crippen molar-refractivity contribution in [2.45, 2.75) is 43.9 Å². The molecule has 2 aliphatic rings. The van der Waals surface area contributed by atoms with Crippen molar-refractivity contribution in [2.24, 2.45) is 0 Å². The minimum atomic E-state index is -1.10. The number of carbonyl (C=O) groups is 1. The Labute approximate surface area is 183 Å². The molecule has 160 valence electrons. The number of benzene rings is 2. The van der Waals surface area contributed by atoms with E-state index in [-0.39, 0.29) is 17.5 Å². The molecular formula is C21H21Cl2NO6. The Balaban J connectivity index is 1.55. The summed E-state index contributed by atoms with van der Waals surface area (Å²) in [6.07, 6.45) is -4.07. The van der Waals surface area contributed by atoms with E-state index in [0.29, 0.717) is 10.8 Å². The van der Waals surface area contributed by atoms with E-state index in [4.69, 9.17) is 42.1 Å². The van der Waals surface area contributed by atoms with Crippen molar-refractivity contribution in [1.29, 1.82) is 0 Å². The van der Waals surface area contributed by atoms with Crippen LogP contribution in [-0.4, -0.2) is 48.3 Å². The van der Waals surface area contributed by atoms with E-state index in [2.05, 4.69) is 5.32 Å². The molecule has 2 heterocycles. The fraction of sp³-hybridized carbons (Fsp3) is 0.381. The Morgan fingerprint density at radius 1 is 1.17 bits per heavy atom. The van der Waals surface area contributed by atoms with Gasteiger partial charge in [0.2, 0.25) is 12.2 Å². The molecule has 2 aromatic rings. The van der Waals surface area contributed by atoms with E-state index >= 15 is 0 Å². The van der Waals surface area contributed by atoms with Gasteiger partial charge in [-0.3, -0.25) is 4.79 Å². The van der Waals surface area contributed by atoms with Gasteiger partial charge in [0.05, 0.1) is 11.6 Å². The first-order valence-corrected chi connectivity index (χ1v) is 10.2. The van der Waals surface area contributed by atoms with Crippen molar-refractivity contribution in [3.8, 4) is 5.75 Å². The first-order chi connectivity index (χ1) is 14.4. The lowest BCUT2D eigenvalue weighted by molar-refractivity contribution is -0.333. The van der Waals surface area contributed by atoms with Gasteiger partial charge in [-0.2, -0.15) is 0 Å². The van der Waals surface area contributed by atoms with Gasteiger partial charge in [0.1, 0.15) is 30.1 Å². The second kappa shape index (κ2) is 9.09. The molecule has 7 nitrogen and oxygen atoms in total. The van der Waals surface area contributed by atoms with Crippen LogP contribution in [0.1, 0.15) is 18.8 Å². The first-order valence-electron chi connectivity index (χ1n) is 9.46. The van der Waals surface area contributed by atoms with Crippen molar-refractivity contribution in [2.75, 3.05) is 6.61 Å². The SMILES string of the molecule is CC(=O)N[C@@H]1[C@H](Oc2ccc(Cl)cc2Cl)O[C@@H]2CO[C@H](c3ccccc3)O[C@@H]2[C@H]1O. The molecule has 1 amide bonds. The lowest BCUT2D eigenvalue weighted by Gasteiger charge is -2.47. The van der Waals surface area contributed by atoms with Crippen molar-refractivity contribution in [1.82, 2.24) is 5.32 Å². The number of hydrogen-bond acceptors (Lipinski definition) is 6. The van der Waals surface area contributed by atoms with E-state index in [1.807, 2.05) is 30.3 Å². The molecule has 9 heteroatoms. The number of halogens is 2. The second-order valence-corrected chi connectivity index (χ2v) is 7.97. The van der Waals surface area contributed by atoms with Crippen molar-refractivity contribution in [3.63, 3.8) is 0 Å². The van der Waals surface area contributed by atoms with Crippen LogP contribution in [0.3, 0.4) is 0 Å². The highest BCUT2D eigenvalue weighted by atomic mass is 35.5. The number of carbonyl (C=O) groups excluding carboxylic acids is 1. The lowest BCUT2D eigenvalue weighted by atomic mass is 9.95. The second-order valence-electron chi connectivity index (χ2n) is 7.13. The van der Waals surface area contributed by atoms with Gasteiger partial charge in [-0.05, 0) is 18.2 Å². The summed E-state index contributed by atoms with van der Waals surface area (Å²) in [6, 6.07) is 13.3. The smallest absolute Gasteiger partial charge is 0.223 e. The van der Waals surface area contributed by atoms with Crippen LogP contribution in [0.5, 0.6) is 5.75 Å². The van der Waals surface area contributed by atoms with Crippen molar-refractivity contribution in [3.05, 3.63) is 64.1 Å². The Morgan fingerprint density at radius 3 is 2.63 bits per heavy atom. The zero-order valence-corrected chi connectivity index (χ0v) is 17.5. The summed E-state index contributed by atoms with van der Waals surface area (Å²) in [7, 11) is 0. The van der Waals surface area contributed by atoms with Crippen LogP contribution in [0, 0.1) is 0 Å². The van der Waals surface area contributed by atoms with E-state index in [1.165, 1.54) is 13.0 Å². The molecule has 2 aromatic carbocycles.